The second-order valence-corrected chi connectivity index (χ2v) is 5.02. The Bertz CT molecular complexity index is 475. The van der Waals surface area contributed by atoms with Crippen molar-refractivity contribution in [2.75, 3.05) is 25.0 Å². The van der Waals surface area contributed by atoms with E-state index in [0.717, 1.165) is 18.0 Å². The minimum Gasteiger partial charge on any atom is -0.328 e. The number of carbonyl (C=O) groups is 1. The van der Waals surface area contributed by atoms with Crippen molar-refractivity contribution in [2.45, 2.75) is 13.8 Å². The van der Waals surface area contributed by atoms with Crippen LogP contribution in [0.2, 0.25) is 0 Å². The van der Waals surface area contributed by atoms with E-state index < -0.39 is 4.92 Å². The van der Waals surface area contributed by atoms with Crippen molar-refractivity contribution in [1.29, 1.82) is 0 Å². The summed E-state index contributed by atoms with van der Waals surface area (Å²) in [6.45, 7) is 5.97. The maximum atomic E-state index is 11.8. The van der Waals surface area contributed by atoms with E-state index in [1.54, 1.807) is 6.07 Å². The molecule has 0 heterocycles. The van der Waals surface area contributed by atoms with Crippen LogP contribution in [0.25, 0.3) is 0 Å². The standard InChI is InChI=1S/C12H16BrN3O3/c1-3-15(4-2)8-12(17)14-10-6-5-9(13)7-11(10)16(18)19/h5-7H,3-4,8H2,1-2H3,(H,14,17)/p+1. The second kappa shape index (κ2) is 7.20. The Balaban J connectivity index is 2.82. The van der Waals surface area contributed by atoms with Gasteiger partial charge < -0.3 is 10.2 Å². The van der Waals surface area contributed by atoms with Gasteiger partial charge in [-0.1, -0.05) is 15.9 Å². The highest BCUT2D eigenvalue weighted by atomic mass is 79.9. The van der Waals surface area contributed by atoms with Gasteiger partial charge >= 0.3 is 0 Å². The van der Waals surface area contributed by atoms with Crippen LogP contribution >= 0.6 is 15.9 Å². The molecule has 0 fully saturated rings. The number of carbonyl (C=O) groups excluding carboxylic acids is 1. The van der Waals surface area contributed by atoms with E-state index in [-0.39, 0.29) is 17.3 Å². The van der Waals surface area contributed by atoms with Gasteiger partial charge in [0.1, 0.15) is 5.69 Å². The number of benzene rings is 1. The number of likely N-dealkylation sites (N-methyl/N-ethyl adjacent to an activating group) is 1. The summed E-state index contributed by atoms with van der Waals surface area (Å²) in [4.78, 5) is 23.4. The number of nitro benzene ring substituents is 1. The van der Waals surface area contributed by atoms with Gasteiger partial charge in [0.2, 0.25) is 0 Å². The van der Waals surface area contributed by atoms with Gasteiger partial charge in [-0.2, -0.15) is 0 Å². The van der Waals surface area contributed by atoms with Crippen molar-refractivity contribution < 1.29 is 14.6 Å². The molecule has 0 saturated heterocycles. The van der Waals surface area contributed by atoms with Gasteiger partial charge in [0.05, 0.1) is 18.0 Å². The predicted molar refractivity (Wildman–Crippen MR) is 76.3 cm³/mol. The second-order valence-electron chi connectivity index (χ2n) is 4.10. The van der Waals surface area contributed by atoms with E-state index in [2.05, 4.69) is 21.2 Å². The predicted octanol–water partition coefficient (Wildman–Crippen LogP) is 1.22. The molecular formula is C12H17BrN3O3+. The molecule has 0 atom stereocenters. The zero-order valence-electron chi connectivity index (χ0n) is 10.9. The van der Waals surface area contributed by atoms with Crippen LogP contribution in [0.15, 0.2) is 22.7 Å². The number of anilines is 1. The molecule has 0 aliphatic carbocycles. The third-order valence-corrected chi connectivity index (χ3v) is 3.33. The molecule has 1 aromatic carbocycles. The fourth-order valence-electron chi connectivity index (χ4n) is 1.68. The van der Waals surface area contributed by atoms with Crippen LogP contribution in [0.3, 0.4) is 0 Å². The summed E-state index contributed by atoms with van der Waals surface area (Å²) in [7, 11) is 0. The van der Waals surface area contributed by atoms with E-state index in [1.165, 1.54) is 12.1 Å². The molecule has 1 amide bonds. The van der Waals surface area contributed by atoms with Crippen LogP contribution in [0, 0.1) is 10.1 Å². The van der Waals surface area contributed by atoms with Gasteiger partial charge in [0, 0.05) is 10.5 Å². The topological polar surface area (TPSA) is 76.7 Å². The SMILES string of the molecule is CC[NH+](CC)CC(=O)Nc1ccc(Br)cc1[N+](=O)[O-]. The molecule has 0 saturated carbocycles. The molecule has 2 N–H and O–H groups in total. The maximum absolute atomic E-state index is 11.8. The molecule has 0 unspecified atom stereocenters. The van der Waals surface area contributed by atoms with Crippen molar-refractivity contribution in [1.82, 2.24) is 0 Å². The molecule has 0 radical (unpaired) electrons. The molecule has 0 aliphatic rings. The number of nitro groups is 1. The summed E-state index contributed by atoms with van der Waals surface area (Å²) in [6, 6.07) is 4.56. The van der Waals surface area contributed by atoms with Gasteiger partial charge in [-0.25, -0.2) is 0 Å². The van der Waals surface area contributed by atoms with Crippen molar-refractivity contribution >= 4 is 33.2 Å². The number of rotatable bonds is 6. The Kier molecular flexibility index (Phi) is 5.91. The molecule has 7 heteroatoms. The number of nitrogens with one attached hydrogen (secondary N) is 2. The molecule has 1 rings (SSSR count). The lowest BCUT2D eigenvalue weighted by Crippen LogP contribution is -3.12. The van der Waals surface area contributed by atoms with Crippen molar-refractivity contribution in [3.05, 3.63) is 32.8 Å². The van der Waals surface area contributed by atoms with Gasteiger partial charge in [-0.15, -0.1) is 0 Å². The fraction of sp³-hybridized carbons (Fsp3) is 0.417. The highest BCUT2D eigenvalue weighted by Crippen LogP contribution is 2.27. The minimum absolute atomic E-state index is 0.114. The molecule has 0 aromatic heterocycles. The highest BCUT2D eigenvalue weighted by Gasteiger charge is 2.18. The zero-order valence-corrected chi connectivity index (χ0v) is 12.5. The fourth-order valence-corrected chi connectivity index (χ4v) is 2.03. The Morgan fingerprint density at radius 2 is 2.05 bits per heavy atom. The Morgan fingerprint density at radius 3 is 2.58 bits per heavy atom. The maximum Gasteiger partial charge on any atom is 0.293 e. The van der Waals surface area contributed by atoms with Gasteiger partial charge in [0.25, 0.3) is 11.6 Å². The lowest BCUT2D eigenvalue weighted by Gasteiger charge is -2.14. The lowest BCUT2D eigenvalue weighted by molar-refractivity contribution is -0.888. The average molecular weight is 331 g/mol. The van der Waals surface area contributed by atoms with Crippen LogP contribution in [-0.4, -0.2) is 30.5 Å². The van der Waals surface area contributed by atoms with E-state index in [1.807, 2.05) is 13.8 Å². The first-order valence-electron chi connectivity index (χ1n) is 6.05. The summed E-state index contributed by atoms with van der Waals surface area (Å²) >= 11 is 3.17. The normalized spacial score (nSPS) is 10.5. The number of hydrogen-bond acceptors (Lipinski definition) is 3. The first kappa shape index (κ1) is 15.6. The number of halogens is 1. The van der Waals surface area contributed by atoms with Gasteiger partial charge in [-0.3, -0.25) is 14.9 Å². The highest BCUT2D eigenvalue weighted by molar-refractivity contribution is 9.10. The van der Waals surface area contributed by atoms with E-state index in [4.69, 9.17) is 0 Å². The summed E-state index contributed by atoms with van der Waals surface area (Å²) in [5.41, 5.74) is 0.113. The molecule has 0 aliphatic heterocycles. The van der Waals surface area contributed by atoms with E-state index >= 15 is 0 Å². The molecule has 19 heavy (non-hydrogen) atoms. The largest absolute Gasteiger partial charge is 0.328 e. The van der Waals surface area contributed by atoms with Gasteiger partial charge in [0.15, 0.2) is 6.54 Å². The minimum atomic E-state index is -0.509. The number of amides is 1. The Labute approximate surface area is 120 Å². The summed E-state index contributed by atoms with van der Waals surface area (Å²) in [5, 5.41) is 13.5. The summed E-state index contributed by atoms with van der Waals surface area (Å²) in [5.74, 6) is -0.218. The molecular weight excluding hydrogens is 314 g/mol. The van der Waals surface area contributed by atoms with Gasteiger partial charge in [-0.05, 0) is 26.0 Å². The Hall–Kier alpha value is -1.47. The van der Waals surface area contributed by atoms with Crippen molar-refractivity contribution in [3.8, 4) is 0 Å². The van der Waals surface area contributed by atoms with E-state index in [9.17, 15) is 14.9 Å². The quantitative estimate of drug-likeness (QED) is 0.608. The third-order valence-electron chi connectivity index (χ3n) is 2.84. The molecule has 104 valence electrons. The first-order valence-corrected chi connectivity index (χ1v) is 6.84. The third kappa shape index (κ3) is 4.60. The van der Waals surface area contributed by atoms with Crippen LogP contribution < -0.4 is 10.2 Å². The lowest BCUT2D eigenvalue weighted by atomic mass is 10.2. The summed E-state index contributed by atoms with van der Waals surface area (Å²) < 4.78 is 0.603. The van der Waals surface area contributed by atoms with Crippen molar-refractivity contribution in [3.63, 3.8) is 0 Å². The van der Waals surface area contributed by atoms with Crippen LogP contribution in [-0.2, 0) is 4.79 Å². The monoisotopic (exact) mass is 330 g/mol. The molecule has 0 spiro atoms. The molecule has 6 nitrogen and oxygen atoms in total. The zero-order chi connectivity index (χ0) is 14.4. The molecule has 0 bridgehead atoms. The van der Waals surface area contributed by atoms with E-state index in [0.29, 0.717) is 11.0 Å². The van der Waals surface area contributed by atoms with Crippen molar-refractivity contribution in [2.24, 2.45) is 0 Å². The Morgan fingerprint density at radius 1 is 1.42 bits per heavy atom. The summed E-state index contributed by atoms with van der Waals surface area (Å²) in [6.07, 6.45) is 0. The smallest absolute Gasteiger partial charge is 0.293 e. The first-order chi connectivity index (χ1) is 8.97. The number of nitrogens with zero attached hydrogens (tertiary/aromatic N) is 1. The average Bonchev–Trinajstić information content (AvgIpc) is 2.37. The van der Waals surface area contributed by atoms with Crippen LogP contribution in [0.1, 0.15) is 13.8 Å². The van der Waals surface area contributed by atoms with Crippen LogP contribution in [0.5, 0.6) is 0 Å². The number of quaternary nitrogens is 1. The molecule has 1 aromatic rings. The number of hydrogen-bond donors (Lipinski definition) is 2. The van der Waals surface area contributed by atoms with Crippen LogP contribution in [0.4, 0.5) is 11.4 Å².